The molecule has 0 unspecified atom stereocenters. The Morgan fingerprint density at radius 2 is 2.20 bits per heavy atom. The first-order valence-electron chi connectivity index (χ1n) is 5.42. The van der Waals surface area contributed by atoms with E-state index < -0.39 is 0 Å². The highest BCUT2D eigenvalue weighted by Gasteiger charge is 2.48. The average molecular weight is 232 g/mol. The first-order chi connectivity index (χ1) is 7.25. The molecule has 0 heterocycles. The molecule has 0 saturated heterocycles. The summed E-state index contributed by atoms with van der Waals surface area (Å²) in [4.78, 5) is 11.6. The number of carbonyl (C=O) groups is 1. The molecule has 0 aromatic rings. The number of hydrogen-bond donors (Lipinski definition) is 3. The Labute approximate surface area is 95.0 Å². The van der Waals surface area contributed by atoms with Gasteiger partial charge in [-0.2, -0.15) is 11.8 Å². The van der Waals surface area contributed by atoms with Crippen molar-refractivity contribution in [3.05, 3.63) is 0 Å². The van der Waals surface area contributed by atoms with Crippen LogP contribution in [0.2, 0.25) is 0 Å². The van der Waals surface area contributed by atoms with Crippen molar-refractivity contribution in [3.8, 4) is 0 Å². The molecule has 4 nitrogen and oxygen atoms in total. The first-order valence-corrected chi connectivity index (χ1v) is 6.57. The monoisotopic (exact) mass is 232 g/mol. The molecular weight excluding hydrogens is 212 g/mol. The van der Waals surface area contributed by atoms with E-state index >= 15 is 0 Å². The van der Waals surface area contributed by atoms with E-state index in [2.05, 4.69) is 5.32 Å². The molecule has 1 rings (SSSR count). The number of amides is 1. The highest BCUT2D eigenvalue weighted by Crippen LogP contribution is 2.44. The molecule has 1 amide bonds. The zero-order valence-electron chi connectivity index (χ0n) is 9.00. The summed E-state index contributed by atoms with van der Waals surface area (Å²) in [5, 5.41) is 11.5. The molecule has 0 radical (unpaired) electrons. The van der Waals surface area contributed by atoms with Crippen molar-refractivity contribution in [2.24, 2.45) is 11.1 Å². The Balaban J connectivity index is 1.98. The maximum atomic E-state index is 11.6. The van der Waals surface area contributed by atoms with Gasteiger partial charge in [-0.05, 0) is 25.0 Å². The Morgan fingerprint density at radius 3 is 2.73 bits per heavy atom. The summed E-state index contributed by atoms with van der Waals surface area (Å²) in [6, 6.07) is 0. The van der Waals surface area contributed by atoms with Crippen LogP contribution in [0.25, 0.3) is 0 Å². The maximum absolute atomic E-state index is 11.6. The number of hydrogen-bond acceptors (Lipinski definition) is 4. The van der Waals surface area contributed by atoms with Crippen LogP contribution < -0.4 is 11.1 Å². The van der Waals surface area contributed by atoms with Crippen LogP contribution in [-0.2, 0) is 4.79 Å². The van der Waals surface area contributed by atoms with Crippen LogP contribution in [0.1, 0.15) is 19.3 Å². The van der Waals surface area contributed by atoms with Gasteiger partial charge in [-0.1, -0.05) is 0 Å². The lowest BCUT2D eigenvalue weighted by Crippen LogP contribution is -2.37. The number of nitrogens with two attached hydrogens (primary N) is 1. The molecule has 1 saturated carbocycles. The summed E-state index contributed by atoms with van der Waals surface area (Å²) in [5.41, 5.74) is 5.32. The fourth-order valence-electron chi connectivity index (χ4n) is 1.37. The van der Waals surface area contributed by atoms with E-state index in [9.17, 15) is 4.79 Å². The van der Waals surface area contributed by atoms with Crippen molar-refractivity contribution in [1.29, 1.82) is 0 Å². The quantitative estimate of drug-likeness (QED) is 0.513. The Hall–Kier alpha value is -0.260. The van der Waals surface area contributed by atoms with Crippen molar-refractivity contribution in [2.75, 3.05) is 31.2 Å². The summed E-state index contributed by atoms with van der Waals surface area (Å²) in [7, 11) is 0. The van der Waals surface area contributed by atoms with E-state index in [0.717, 1.165) is 30.8 Å². The Bertz CT molecular complexity index is 208. The maximum Gasteiger partial charge on any atom is 0.227 e. The first kappa shape index (κ1) is 12.8. The minimum atomic E-state index is -0.226. The van der Waals surface area contributed by atoms with Gasteiger partial charge in [0.1, 0.15) is 0 Å². The molecule has 0 atom stereocenters. The van der Waals surface area contributed by atoms with Gasteiger partial charge in [-0.15, -0.1) is 0 Å². The largest absolute Gasteiger partial charge is 0.396 e. The molecule has 1 aliphatic carbocycles. The van der Waals surface area contributed by atoms with Gasteiger partial charge in [0.2, 0.25) is 5.91 Å². The fraction of sp³-hybridized carbons (Fsp3) is 0.900. The average Bonchev–Trinajstić information content (AvgIpc) is 3.03. The predicted molar refractivity (Wildman–Crippen MR) is 62.8 cm³/mol. The second-order valence-electron chi connectivity index (χ2n) is 3.93. The molecule has 1 fully saturated rings. The van der Waals surface area contributed by atoms with Crippen LogP contribution in [0.4, 0.5) is 0 Å². The third-order valence-corrected chi connectivity index (χ3v) is 3.77. The Morgan fingerprint density at radius 1 is 1.47 bits per heavy atom. The third-order valence-electron chi connectivity index (χ3n) is 2.70. The summed E-state index contributed by atoms with van der Waals surface area (Å²) >= 11 is 1.75. The second-order valence-corrected chi connectivity index (χ2v) is 5.15. The van der Waals surface area contributed by atoms with Gasteiger partial charge in [0.05, 0.1) is 5.41 Å². The molecular formula is C10H20N2O2S. The van der Waals surface area contributed by atoms with Gasteiger partial charge in [-0.25, -0.2) is 0 Å². The number of aliphatic hydroxyl groups excluding tert-OH is 1. The summed E-state index contributed by atoms with van der Waals surface area (Å²) < 4.78 is 0. The van der Waals surface area contributed by atoms with Crippen LogP contribution in [0, 0.1) is 5.41 Å². The molecule has 15 heavy (non-hydrogen) atoms. The summed E-state index contributed by atoms with van der Waals surface area (Å²) in [5.74, 6) is 1.98. The standard InChI is InChI=1S/C10H20N2O2S/c11-8-10(2-3-10)9(14)12-4-7-15-6-1-5-13/h13H,1-8,11H2,(H,12,14). The SMILES string of the molecule is NCC1(C(=O)NCCSCCCO)CC1. The van der Waals surface area contributed by atoms with E-state index in [1.165, 1.54) is 0 Å². The second kappa shape index (κ2) is 6.35. The lowest BCUT2D eigenvalue weighted by atomic mass is 10.1. The molecule has 5 heteroatoms. The van der Waals surface area contributed by atoms with Crippen LogP contribution >= 0.6 is 11.8 Å². The summed E-state index contributed by atoms with van der Waals surface area (Å²) in [6.07, 6.45) is 2.70. The van der Waals surface area contributed by atoms with Crippen molar-refractivity contribution < 1.29 is 9.90 Å². The number of carbonyl (C=O) groups excluding carboxylic acids is 1. The number of nitrogens with one attached hydrogen (secondary N) is 1. The normalized spacial score (nSPS) is 17.5. The van der Waals surface area contributed by atoms with Gasteiger partial charge >= 0.3 is 0 Å². The van der Waals surface area contributed by atoms with Gasteiger partial charge in [0.25, 0.3) is 0 Å². The van der Waals surface area contributed by atoms with Crippen LogP contribution in [0.5, 0.6) is 0 Å². The highest BCUT2D eigenvalue weighted by molar-refractivity contribution is 7.99. The molecule has 0 aromatic carbocycles. The highest BCUT2D eigenvalue weighted by atomic mass is 32.2. The molecule has 0 aliphatic heterocycles. The van der Waals surface area contributed by atoms with Crippen LogP contribution in [-0.4, -0.2) is 42.2 Å². The lowest BCUT2D eigenvalue weighted by molar-refractivity contribution is -0.125. The minimum absolute atomic E-state index is 0.118. The van der Waals surface area contributed by atoms with Gasteiger partial charge in [0, 0.05) is 25.4 Å². The van der Waals surface area contributed by atoms with Crippen LogP contribution in [0.15, 0.2) is 0 Å². The molecule has 0 bridgehead atoms. The lowest BCUT2D eigenvalue weighted by Gasteiger charge is -2.12. The van der Waals surface area contributed by atoms with Gasteiger partial charge in [-0.3, -0.25) is 4.79 Å². The number of aliphatic hydroxyl groups is 1. The molecule has 4 N–H and O–H groups in total. The third kappa shape index (κ3) is 4.01. The predicted octanol–water partition coefficient (Wildman–Crippen LogP) is -0.0429. The van der Waals surface area contributed by atoms with E-state index in [0.29, 0.717) is 13.1 Å². The minimum Gasteiger partial charge on any atom is -0.396 e. The van der Waals surface area contributed by atoms with E-state index in [1.54, 1.807) is 11.8 Å². The van der Waals surface area contributed by atoms with Gasteiger partial charge in [0.15, 0.2) is 0 Å². The summed E-state index contributed by atoms with van der Waals surface area (Å²) in [6.45, 7) is 1.42. The molecule has 0 aromatic heterocycles. The van der Waals surface area contributed by atoms with Crippen molar-refractivity contribution in [2.45, 2.75) is 19.3 Å². The van der Waals surface area contributed by atoms with E-state index in [1.807, 2.05) is 0 Å². The number of thioether (sulfide) groups is 1. The number of rotatable bonds is 8. The van der Waals surface area contributed by atoms with Crippen molar-refractivity contribution in [1.82, 2.24) is 5.32 Å². The van der Waals surface area contributed by atoms with E-state index in [4.69, 9.17) is 10.8 Å². The van der Waals surface area contributed by atoms with Crippen LogP contribution in [0.3, 0.4) is 0 Å². The molecule has 1 aliphatic rings. The van der Waals surface area contributed by atoms with E-state index in [-0.39, 0.29) is 17.9 Å². The zero-order valence-corrected chi connectivity index (χ0v) is 9.81. The van der Waals surface area contributed by atoms with Crippen molar-refractivity contribution in [3.63, 3.8) is 0 Å². The molecule has 0 spiro atoms. The Kier molecular flexibility index (Phi) is 5.42. The fourth-order valence-corrected chi connectivity index (χ4v) is 2.15. The smallest absolute Gasteiger partial charge is 0.227 e. The molecule has 88 valence electrons. The van der Waals surface area contributed by atoms with Crippen molar-refractivity contribution >= 4 is 17.7 Å². The topological polar surface area (TPSA) is 75.4 Å². The zero-order chi connectivity index (χ0) is 11.1. The van der Waals surface area contributed by atoms with Gasteiger partial charge < -0.3 is 16.2 Å².